The summed E-state index contributed by atoms with van der Waals surface area (Å²) in [5.41, 5.74) is -1.30. The number of nitrogens with one attached hydrogen (secondary N) is 2. The van der Waals surface area contributed by atoms with E-state index < -0.39 is 41.4 Å². The van der Waals surface area contributed by atoms with Crippen molar-refractivity contribution in [3.63, 3.8) is 0 Å². The van der Waals surface area contributed by atoms with Crippen molar-refractivity contribution in [1.29, 1.82) is 0 Å². The van der Waals surface area contributed by atoms with Gasteiger partial charge in [-0.1, -0.05) is 18.2 Å². The van der Waals surface area contributed by atoms with Gasteiger partial charge in [-0.3, -0.25) is 19.7 Å². The second kappa shape index (κ2) is 10.7. The van der Waals surface area contributed by atoms with Crippen molar-refractivity contribution < 1.29 is 37.1 Å². The highest BCUT2D eigenvalue weighted by Gasteiger charge is 2.41. The molecule has 4 rings (SSSR count). The molecule has 1 aliphatic heterocycles. The summed E-state index contributed by atoms with van der Waals surface area (Å²) >= 11 is 0. The number of halogens is 3. The molecule has 3 heterocycles. The zero-order chi connectivity index (χ0) is 26.6. The molecule has 1 aliphatic rings. The van der Waals surface area contributed by atoms with E-state index in [9.17, 15) is 27.6 Å². The minimum atomic E-state index is -5.01. The lowest BCUT2D eigenvalue weighted by Crippen LogP contribution is -2.34. The Morgan fingerprint density at radius 3 is 2.32 bits per heavy atom. The van der Waals surface area contributed by atoms with Crippen LogP contribution in [0.3, 0.4) is 0 Å². The van der Waals surface area contributed by atoms with Gasteiger partial charge >= 0.3 is 18.2 Å². The van der Waals surface area contributed by atoms with Crippen molar-refractivity contribution >= 4 is 35.3 Å². The highest BCUT2D eigenvalue weighted by molar-refractivity contribution is 6.05. The maximum atomic E-state index is 13.5. The van der Waals surface area contributed by atoms with Crippen LogP contribution in [0.2, 0.25) is 0 Å². The number of carboxylic acid groups (broad SMARTS) is 1. The van der Waals surface area contributed by atoms with Gasteiger partial charge in [0.15, 0.2) is 5.69 Å². The maximum Gasteiger partial charge on any atom is 0.437 e. The summed E-state index contributed by atoms with van der Waals surface area (Å²) in [6.07, 6.45) is -2.22. The number of carbonyl (C=O) groups is 3. The predicted octanol–water partition coefficient (Wildman–Crippen LogP) is 4.28. The van der Waals surface area contributed by atoms with Crippen LogP contribution < -0.4 is 15.5 Å². The van der Waals surface area contributed by atoms with Crippen LogP contribution in [0.4, 0.5) is 30.7 Å². The van der Waals surface area contributed by atoms with E-state index >= 15 is 0 Å². The van der Waals surface area contributed by atoms with Crippen LogP contribution in [0.15, 0.2) is 53.1 Å². The molecule has 0 saturated carbocycles. The van der Waals surface area contributed by atoms with Gasteiger partial charge in [0.05, 0.1) is 11.9 Å². The second-order valence-electron chi connectivity index (χ2n) is 8.40. The first-order valence-corrected chi connectivity index (χ1v) is 11.3. The summed E-state index contributed by atoms with van der Waals surface area (Å²) in [5.74, 6) is -3.23. The number of aliphatic carboxylic acids is 1. The number of pyridine rings is 1. The van der Waals surface area contributed by atoms with Gasteiger partial charge in [0.1, 0.15) is 5.82 Å². The topological polar surface area (TPSA) is 138 Å². The third-order valence-corrected chi connectivity index (χ3v) is 5.77. The Labute approximate surface area is 208 Å². The molecule has 0 aliphatic carbocycles. The highest BCUT2D eigenvalue weighted by Crippen LogP contribution is 2.34. The molecule has 0 unspecified atom stereocenters. The molecule has 0 radical (unpaired) electrons. The molecule has 3 aromatic rings. The molecule has 3 N–H and O–H groups in total. The van der Waals surface area contributed by atoms with Gasteiger partial charge < -0.3 is 19.7 Å². The number of hydrogen-bond acceptors (Lipinski definition) is 7. The van der Waals surface area contributed by atoms with E-state index in [4.69, 9.17) is 9.52 Å². The Hall–Kier alpha value is -4.42. The number of oxazole rings is 1. The first-order chi connectivity index (χ1) is 17.6. The number of carboxylic acids is 1. The van der Waals surface area contributed by atoms with Crippen LogP contribution in [0.25, 0.3) is 0 Å². The van der Waals surface area contributed by atoms with Gasteiger partial charge in [0.2, 0.25) is 5.76 Å². The number of alkyl halides is 3. The monoisotopic (exact) mass is 517 g/mol. The Balaban J connectivity index is 1.43. The largest absolute Gasteiger partial charge is 0.481 e. The Bertz CT molecular complexity index is 1270. The van der Waals surface area contributed by atoms with Gasteiger partial charge in [0.25, 0.3) is 11.8 Å². The fraction of sp³-hybridized carbons (Fsp3) is 0.292. The van der Waals surface area contributed by atoms with Gasteiger partial charge in [-0.2, -0.15) is 18.2 Å². The summed E-state index contributed by atoms with van der Waals surface area (Å²) < 4.78 is 45.5. The van der Waals surface area contributed by atoms with Gasteiger partial charge in [-0.25, -0.2) is 4.98 Å². The lowest BCUT2D eigenvalue weighted by Gasteiger charge is -2.32. The molecule has 0 bridgehead atoms. The van der Waals surface area contributed by atoms with E-state index in [2.05, 4.69) is 20.6 Å². The molecule has 0 spiro atoms. The molecule has 194 valence electrons. The average Bonchev–Trinajstić information content (AvgIpc) is 3.30. The molecule has 1 fully saturated rings. The molecule has 13 heteroatoms. The van der Waals surface area contributed by atoms with Crippen LogP contribution in [-0.4, -0.2) is 45.9 Å². The number of amides is 2. The van der Waals surface area contributed by atoms with Crippen molar-refractivity contribution in [2.75, 3.05) is 28.6 Å². The second-order valence-corrected chi connectivity index (χ2v) is 8.40. The summed E-state index contributed by atoms with van der Waals surface area (Å²) in [7, 11) is 0. The Morgan fingerprint density at radius 1 is 1.03 bits per heavy atom. The number of piperidine rings is 1. The van der Waals surface area contributed by atoms with E-state index in [1.165, 1.54) is 24.4 Å². The van der Waals surface area contributed by atoms with Gasteiger partial charge in [0, 0.05) is 25.1 Å². The van der Waals surface area contributed by atoms with E-state index in [1.54, 1.807) is 24.3 Å². The molecule has 2 aromatic heterocycles. The average molecular weight is 517 g/mol. The van der Waals surface area contributed by atoms with Crippen molar-refractivity contribution in [1.82, 2.24) is 9.97 Å². The van der Waals surface area contributed by atoms with Crippen LogP contribution in [-0.2, 0) is 11.0 Å². The summed E-state index contributed by atoms with van der Waals surface area (Å²) in [4.78, 5) is 45.2. The molecule has 37 heavy (non-hydrogen) atoms. The number of hydrogen-bond donors (Lipinski definition) is 3. The Kier molecular flexibility index (Phi) is 7.41. The number of nitrogens with zero attached hydrogens (tertiary/aromatic N) is 3. The zero-order valence-electron chi connectivity index (χ0n) is 19.3. The Morgan fingerprint density at radius 2 is 1.73 bits per heavy atom. The first kappa shape index (κ1) is 25.7. The van der Waals surface area contributed by atoms with Crippen molar-refractivity contribution in [3.05, 3.63) is 65.7 Å². The lowest BCUT2D eigenvalue weighted by molar-refractivity contribution is -0.141. The van der Waals surface area contributed by atoms with Crippen LogP contribution in [0.1, 0.15) is 45.9 Å². The summed E-state index contributed by atoms with van der Waals surface area (Å²) in [6.45, 7) is 1.22. The van der Waals surface area contributed by atoms with E-state index in [0.29, 0.717) is 31.7 Å². The fourth-order valence-corrected chi connectivity index (χ4v) is 3.93. The van der Waals surface area contributed by atoms with Crippen molar-refractivity contribution in [2.24, 2.45) is 5.92 Å². The van der Waals surface area contributed by atoms with Crippen molar-refractivity contribution in [3.8, 4) is 0 Å². The van der Waals surface area contributed by atoms with Crippen LogP contribution in [0, 0.1) is 5.92 Å². The molecule has 2 amide bonds. The lowest BCUT2D eigenvalue weighted by atomic mass is 9.94. The number of rotatable bonds is 7. The number of anilines is 3. The number of benzene rings is 1. The molecule has 0 atom stereocenters. The first-order valence-electron chi connectivity index (χ1n) is 11.3. The number of carbonyl (C=O) groups excluding carboxylic acids is 2. The zero-order valence-corrected chi connectivity index (χ0v) is 19.3. The molecular weight excluding hydrogens is 495 g/mol. The van der Waals surface area contributed by atoms with Crippen LogP contribution >= 0.6 is 0 Å². The highest BCUT2D eigenvalue weighted by atomic mass is 19.4. The minimum absolute atomic E-state index is 0.0967. The standard InChI is InChI=1S/C24H22F3N5O5/c25-24(26,27)20-19(37-23(30-20)31-21(35)15-4-2-1-3-5-15)22(36)29-16-6-7-17(28-13-16)32-10-8-14(9-11-32)12-18(33)34/h1-7,13-14H,8-12H2,(H,29,36)(H,33,34)(H,30,31,35). The maximum absolute atomic E-state index is 13.5. The fourth-order valence-electron chi connectivity index (χ4n) is 3.93. The third-order valence-electron chi connectivity index (χ3n) is 5.77. The predicted molar refractivity (Wildman–Crippen MR) is 125 cm³/mol. The summed E-state index contributed by atoms with van der Waals surface area (Å²) in [6, 6.07) is 10.0. The normalized spacial score (nSPS) is 14.3. The van der Waals surface area contributed by atoms with E-state index in [0.717, 1.165) is 0 Å². The van der Waals surface area contributed by atoms with E-state index in [-0.39, 0.29) is 23.6 Å². The minimum Gasteiger partial charge on any atom is -0.481 e. The van der Waals surface area contributed by atoms with Crippen LogP contribution in [0.5, 0.6) is 0 Å². The molecule has 1 aromatic carbocycles. The van der Waals surface area contributed by atoms with E-state index in [1.807, 2.05) is 4.90 Å². The van der Waals surface area contributed by atoms with Crippen molar-refractivity contribution in [2.45, 2.75) is 25.4 Å². The molecule has 1 saturated heterocycles. The molecular formula is C24H22F3N5O5. The quantitative estimate of drug-likeness (QED) is 0.422. The van der Waals surface area contributed by atoms with Gasteiger partial charge in [-0.15, -0.1) is 0 Å². The smallest absolute Gasteiger partial charge is 0.437 e. The summed E-state index contributed by atoms with van der Waals surface area (Å²) in [5, 5.41) is 13.3. The number of aromatic nitrogens is 2. The third kappa shape index (κ3) is 6.42. The molecule has 10 nitrogen and oxygen atoms in total. The SMILES string of the molecule is O=C(O)CC1CCN(c2ccc(NC(=O)c3oc(NC(=O)c4ccccc4)nc3C(F)(F)F)cn2)CC1. The van der Waals surface area contributed by atoms with Gasteiger partial charge in [-0.05, 0) is 43.0 Å².